The highest BCUT2D eigenvalue weighted by molar-refractivity contribution is 6.06. The average Bonchev–Trinajstić information content (AvgIpc) is 3.33. The molecular formula is C30H34N4O3. The number of aryl methyl sites for hydroxylation is 1. The van der Waals surface area contributed by atoms with E-state index in [9.17, 15) is 0 Å². The van der Waals surface area contributed by atoms with E-state index < -0.39 is 0 Å². The molecular weight excluding hydrogens is 464 g/mol. The van der Waals surface area contributed by atoms with Crippen LogP contribution in [0.15, 0.2) is 36.7 Å². The van der Waals surface area contributed by atoms with Crippen LogP contribution in [0, 0.1) is 6.92 Å². The smallest absolute Gasteiger partial charge is 0.221 e. The molecule has 0 spiro atoms. The molecule has 37 heavy (non-hydrogen) atoms. The van der Waals surface area contributed by atoms with Gasteiger partial charge in [-0.25, -0.2) is 9.67 Å². The number of hydrogen-bond donors (Lipinski definition) is 0. The summed E-state index contributed by atoms with van der Waals surface area (Å²) in [5.74, 6) is 1.09. The SMILES string of the molecule is Cc1cc(-c2c(C3CCOCC3)nc(OC3CCC3)c3cc4c(cnn4C4CCCCO4)cc23)ccn1. The predicted octanol–water partition coefficient (Wildman–Crippen LogP) is 6.48. The minimum atomic E-state index is -0.0171. The van der Waals surface area contributed by atoms with E-state index in [1.54, 1.807) is 0 Å². The Kier molecular flexibility index (Phi) is 6.05. The van der Waals surface area contributed by atoms with Gasteiger partial charge in [-0.15, -0.1) is 0 Å². The number of fused-ring (bicyclic) bond motifs is 2. The van der Waals surface area contributed by atoms with Crippen LogP contribution in [0.4, 0.5) is 0 Å². The van der Waals surface area contributed by atoms with Gasteiger partial charge in [-0.1, -0.05) is 0 Å². The molecule has 2 aliphatic heterocycles. The fourth-order valence-electron chi connectivity index (χ4n) is 5.99. The van der Waals surface area contributed by atoms with Gasteiger partial charge < -0.3 is 14.2 Å². The minimum Gasteiger partial charge on any atom is -0.474 e. The Hall–Kier alpha value is -3.03. The molecule has 7 nitrogen and oxygen atoms in total. The van der Waals surface area contributed by atoms with E-state index >= 15 is 0 Å². The largest absolute Gasteiger partial charge is 0.474 e. The van der Waals surface area contributed by atoms with Crippen molar-refractivity contribution < 1.29 is 14.2 Å². The Labute approximate surface area is 217 Å². The minimum absolute atomic E-state index is 0.0171. The summed E-state index contributed by atoms with van der Waals surface area (Å²) in [7, 11) is 0. The lowest BCUT2D eigenvalue weighted by molar-refractivity contribution is -0.0366. The molecule has 2 saturated heterocycles. The Balaban J connectivity index is 1.48. The molecule has 1 saturated carbocycles. The van der Waals surface area contributed by atoms with Crippen molar-refractivity contribution in [2.45, 2.75) is 76.5 Å². The third-order valence-electron chi connectivity index (χ3n) is 8.27. The first-order valence-corrected chi connectivity index (χ1v) is 13.9. The highest BCUT2D eigenvalue weighted by Crippen LogP contribution is 2.44. The number of rotatable bonds is 5. The zero-order valence-electron chi connectivity index (χ0n) is 21.5. The number of hydrogen-bond acceptors (Lipinski definition) is 6. The zero-order valence-corrected chi connectivity index (χ0v) is 21.5. The highest BCUT2D eigenvalue weighted by atomic mass is 16.5. The number of nitrogens with zero attached hydrogens (tertiary/aromatic N) is 4. The first-order valence-electron chi connectivity index (χ1n) is 13.9. The first kappa shape index (κ1) is 23.1. The van der Waals surface area contributed by atoms with E-state index in [0.29, 0.717) is 5.92 Å². The number of ether oxygens (including phenoxy) is 3. The number of benzene rings is 1. The molecule has 7 rings (SSSR count). The van der Waals surface area contributed by atoms with Gasteiger partial charge in [-0.05, 0) is 93.5 Å². The molecule has 0 bridgehead atoms. The fraction of sp³-hybridized carbons (Fsp3) is 0.500. The molecule has 1 aliphatic carbocycles. The van der Waals surface area contributed by atoms with Gasteiger partial charge in [-0.3, -0.25) is 4.98 Å². The van der Waals surface area contributed by atoms with Crippen molar-refractivity contribution >= 4 is 21.7 Å². The van der Waals surface area contributed by atoms with E-state index in [-0.39, 0.29) is 12.3 Å². The second-order valence-electron chi connectivity index (χ2n) is 10.8. The highest BCUT2D eigenvalue weighted by Gasteiger charge is 2.28. The molecule has 1 aromatic carbocycles. The fourth-order valence-corrected chi connectivity index (χ4v) is 5.99. The van der Waals surface area contributed by atoms with Crippen LogP contribution in [0.1, 0.15) is 74.9 Å². The number of aromatic nitrogens is 4. The third kappa shape index (κ3) is 4.28. The van der Waals surface area contributed by atoms with Crippen molar-refractivity contribution in [2.75, 3.05) is 19.8 Å². The topological polar surface area (TPSA) is 71.3 Å². The van der Waals surface area contributed by atoms with Gasteiger partial charge in [0.1, 0.15) is 6.10 Å². The van der Waals surface area contributed by atoms with E-state index in [0.717, 1.165) is 104 Å². The van der Waals surface area contributed by atoms with E-state index in [4.69, 9.17) is 24.3 Å². The van der Waals surface area contributed by atoms with E-state index in [1.807, 2.05) is 19.3 Å². The van der Waals surface area contributed by atoms with Crippen LogP contribution < -0.4 is 4.74 Å². The molecule has 0 amide bonds. The summed E-state index contributed by atoms with van der Waals surface area (Å²) >= 11 is 0. The first-order chi connectivity index (χ1) is 18.2. The summed E-state index contributed by atoms with van der Waals surface area (Å²) in [6.45, 7) is 4.38. The molecule has 1 atom stereocenters. The average molecular weight is 499 g/mol. The van der Waals surface area contributed by atoms with Crippen LogP contribution in [-0.2, 0) is 9.47 Å². The summed E-state index contributed by atoms with van der Waals surface area (Å²) in [5, 5.41) is 8.14. The molecule has 1 unspecified atom stereocenters. The molecule has 5 heterocycles. The summed E-state index contributed by atoms with van der Waals surface area (Å²) in [6, 6.07) is 8.82. The van der Waals surface area contributed by atoms with Crippen molar-refractivity contribution in [3.63, 3.8) is 0 Å². The predicted molar refractivity (Wildman–Crippen MR) is 143 cm³/mol. The van der Waals surface area contributed by atoms with Gasteiger partial charge in [0, 0.05) is 54.0 Å². The van der Waals surface area contributed by atoms with Gasteiger partial charge in [0.15, 0.2) is 6.23 Å². The summed E-state index contributed by atoms with van der Waals surface area (Å²) in [6.07, 6.45) is 12.7. The Morgan fingerprint density at radius 3 is 2.59 bits per heavy atom. The van der Waals surface area contributed by atoms with Crippen LogP contribution in [-0.4, -0.2) is 45.7 Å². The Morgan fingerprint density at radius 2 is 1.84 bits per heavy atom. The normalized spacial score (nSPS) is 21.4. The van der Waals surface area contributed by atoms with Crippen molar-refractivity contribution in [1.29, 1.82) is 0 Å². The molecule has 0 radical (unpaired) electrons. The Bertz CT molecular complexity index is 1430. The molecule has 7 heteroatoms. The van der Waals surface area contributed by atoms with Crippen LogP contribution in [0.3, 0.4) is 0 Å². The van der Waals surface area contributed by atoms with Gasteiger partial charge in [-0.2, -0.15) is 5.10 Å². The molecule has 4 aromatic rings. The number of pyridine rings is 2. The second kappa shape index (κ2) is 9.69. The maximum Gasteiger partial charge on any atom is 0.221 e. The lowest BCUT2D eigenvalue weighted by atomic mass is 9.87. The van der Waals surface area contributed by atoms with Crippen molar-refractivity contribution in [1.82, 2.24) is 19.7 Å². The van der Waals surface area contributed by atoms with Crippen molar-refractivity contribution in [2.24, 2.45) is 0 Å². The lowest BCUT2D eigenvalue weighted by Gasteiger charge is -2.29. The maximum atomic E-state index is 6.60. The van der Waals surface area contributed by atoms with E-state index in [2.05, 4.69) is 33.9 Å². The van der Waals surface area contributed by atoms with Crippen LogP contribution >= 0.6 is 0 Å². The molecule has 192 valence electrons. The van der Waals surface area contributed by atoms with E-state index in [1.165, 1.54) is 17.4 Å². The zero-order chi connectivity index (χ0) is 24.8. The van der Waals surface area contributed by atoms with Crippen LogP contribution in [0.2, 0.25) is 0 Å². The third-order valence-corrected chi connectivity index (χ3v) is 8.27. The van der Waals surface area contributed by atoms with Crippen molar-refractivity contribution in [3.05, 3.63) is 48.0 Å². The molecule has 3 aromatic heterocycles. The van der Waals surface area contributed by atoms with Crippen LogP contribution in [0.5, 0.6) is 5.88 Å². The molecule has 0 N–H and O–H groups in total. The molecule has 3 fully saturated rings. The maximum absolute atomic E-state index is 6.60. The van der Waals surface area contributed by atoms with Gasteiger partial charge in [0.2, 0.25) is 5.88 Å². The second-order valence-corrected chi connectivity index (χ2v) is 10.8. The van der Waals surface area contributed by atoms with Gasteiger partial charge >= 0.3 is 0 Å². The standard InChI is InChI=1S/C30H34N4O3/c1-19-15-21(8-11-31-19)28-24-16-22-18-32-34(27-7-2-3-12-36-27)26(22)17-25(24)30(37-23-5-4-6-23)33-29(28)20-9-13-35-14-10-20/h8,11,15-18,20,23,27H,2-7,9-10,12-14H2,1H3. The quantitative estimate of drug-likeness (QED) is 0.314. The van der Waals surface area contributed by atoms with Crippen LogP contribution in [0.25, 0.3) is 32.8 Å². The monoisotopic (exact) mass is 498 g/mol. The summed E-state index contributed by atoms with van der Waals surface area (Å²) in [5.41, 5.74) is 5.55. The van der Waals surface area contributed by atoms with Crippen molar-refractivity contribution in [3.8, 4) is 17.0 Å². The van der Waals surface area contributed by atoms with Gasteiger partial charge in [0.25, 0.3) is 0 Å². The van der Waals surface area contributed by atoms with Gasteiger partial charge in [0.05, 0.1) is 17.4 Å². The molecule has 3 aliphatic rings. The summed E-state index contributed by atoms with van der Waals surface area (Å²) < 4.78 is 20.5. The summed E-state index contributed by atoms with van der Waals surface area (Å²) in [4.78, 5) is 9.80. The lowest BCUT2D eigenvalue weighted by Crippen LogP contribution is -2.25. The Morgan fingerprint density at radius 1 is 0.946 bits per heavy atom.